The molecule has 0 bridgehead atoms. The number of furan rings is 1. The van der Waals surface area contributed by atoms with Crippen LogP contribution < -0.4 is 4.74 Å². The first-order valence-corrected chi connectivity index (χ1v) is 10.6. The zero-order valence-electron chi connectivity index (χ0n) is 14.9. The van der Waals surface area contributed by atoms with Gasteiger partial charge < -0.3 is 14.3 Å². The predicted molar refractivity (Wildman–Crippen MR) is 98.9 cm³/mol. The highest BCUT2D eigenvalue weighted by atomic mass is 32.2. The molecule has 2 atom stereocenters. The number of sulfone groups is 1. The molecule has 3 rings (SSSR count). The van der Waals surface area contributed by atoms with E-state index in [0.29, 0.717) is 25.3 Å². The van der Waals surface area contributed by atoms with Crippen LogP contribution in [0.15, 0.2) is 47.1 Å². The van der Waals surface area contributed by atoms with Gasteiger partial charge in [-0.2, -0.15) is 0 Å². The molecule has 0 saturated carbocycles. The molecular weight excluding hydrogens is 354 g/mol. The maximum Gasteiger partial charge on any atom is 0.151 e. The Morgan fingerprint density at radius 1 is 1.35 bits per heavy atom. The lowest BCUT2D eigenvalue weighted by Crippen LogP contribution is -2.42. The summed E-state index contributed by atoms with van der Waals surface area (Å²) in [5.41, 5.74) is 1.09. The molecule has 2 aromatic rings. The van der Waals surface area contributed by atoms with Crippen LogP contribution in [0.4, 0.5) is 0 Å². The lowest BCUT2D eigenvalue weighted by Gasteiger charge is -2.29. The Bertz CT molecular complexity index is 803. The van der Waals surface area contributed by atoms with E-state index in [-0.39, 0.29) is 24.2 Å². The first-order valence-electron chi connectivity index (χ1n) is 8.76. The van der Waals surface area contributed by atoms with E-state index < -0.39 is 15.9 Å². The van der Waals surface area contributed by atoms with Crippen LogP contribution in [0.3, 0.4) is 0 Å². The first-order chi connectivity index (χ1) is 12.4. The summed E-state index contributed by atoms with van der Waals surface area (Å²) >= 11 is 0. The van der Waals surface area contributed by atoms with Crippen molar-refractivity contribution >= 4 is 9.84 Å². The van der Waals surface area contributed by atoms with Crippen molar-refractivity contribution in [3.63, 3.8) is 0 Å². The molecular formula is C19H25NO5S. The third-order valence-corrected chi connectivity index (χ3v) is 6.29. The molecule has 1 aliphatic heterocycles. The average molecular weight is 379 g/mol. The highest BCUT2D eigenvalue weighted by Gasteiger charge is 2.33. The second-order valence-corrected chi connectivity index (χ2v) is 9.08. The fraction of sp³-hybridized carbons (Fsp3) is 0.474. The van der Waals surface area contributed by atoms with Crippen LogP contribution in [-0.4, -0.2) is 55.2 Å². The number of hydrogen-bond acceptors (Lipinski definition) is 6. The van der Waals surface area contributed by atoms with Gasteiger partial charge in [0.05, 0.1) is 24.3 Å². The fourth-order valence-corrected chi connectivity index (χ4v) is 4.99. The molecule has 0 aliphatic carbocycles. The largest absolute Gasteiger partial charge is 0.491 e. The number of nitrogens with zero attached hydrogens (tertiary/aromatic N) is 1. The number of ether oxygens (including phenoxy) is 1. The third-order valence-electron chi connectivity index (χ3n) is 4.54. The minimum absolute atomic E-state index is 0.112. The van der Waals surface area contributed by atoms with Crippen LogP contribution in [0.1, 0.15) is 17.7 Å². The van der Waals surface area contributed by atoms with Crippen molar-refractivity contribution in [3.05, 3.63) is 54.0 Å². The van der Waals surface area contributed by atoms with Crippen molar-refractivity contribution in [3.8, 4) is 5.75 Å². The van der Waals surface area contributed by atoms with Gasteiger partial charge >= 0.3 is 0 Å². The van der Waals surface area contributed by atoms with Crippen molar-refractivity contribution in [2.24, 2.45) is 0 Å². The first kappa shape index (κ1) is 18.9. The molecule has 0 spiro atoms. The second-order valence-electron chi connectivity index (χ2n) is 6.85. The summed E-state index contributed by atoms with van der Waals surface area (Å²) in [6.45, 7) is 2.92. The van der Waals surface area contributed by atoms with Gasteiger partial charge in [-0.1, -0.05) is 12.1 Å². The van der Waals surface area contributed by atoms with E-state index in [1.165, 1.54) is 0 Å². The van der Waals surface area contributed by atoms with Crippen molar-refractivity contribution in [1.82, 2.24) is 4.90 Å². The topological polar surface area (TPSA) is 80.0 Å². The van der Waals surface area contributed by atoms with Gasteiger partial charge in [0.25, 0.3) is 0 Å². The fourth-order valence-electron chi connectivity index (χ4n) is 3.23. The molecule has 2 unspecified atom stereocenters. The molecule has 1 aromatic carbocycles. The molecule has 1 fully saturated rings. The molecule has 0 amide bonds. The summed E-state index contributed by atoms with van der Waals surface area (Å²) in [6, 6.07) is 11.2. The van der Waals surface area contributed by atoms with Crippen molar-refractivity contribution in [2.75, 3.05) is 24.7 Å². The van der Waals surface area contributed by atoms with Gasteiger partial charge in [-0.25, -0.2) is 8.42 Å². The Hall–Kier alpha value is -1.83. The SMILES string of the molecule is Cc1cccc(OCC(O)CN(Cc2ccco2)C2CCS(=O)(=O)C2)c1. The number of benzene rings is 1. The van der Waals surface area contributed by atoms with E-state index >= 15 is 0 Å². The quantitative estimate of drug-likeness (QED) is 0.756. The minimum atomic E-state index is -3.00. The maximum atomic E-state index is 11.8. The van der Waals surface area contributed by atoms with Gasteiger partial charge in [0.15, 0.2) is 9.84 Å². The average Bonchev–Trinajstić information content (AvgIpc) is 3.21. The monoisotopic (exact) mass is 379 g/mol. The van der Waals surface area contributed by atoms with Crippen molar-refractivity contribution in [1.29, 1.82) is 0 Å². The van der Waals surface area contributed by atoms with E-state index in [0.717, 1.165) is 11.3 Å². The van der Waals surface area contributed by atoms with Crippen LogP contribution in [0.5, 0.6) is 5.75 Å². The van der Waals surface area contributed by atoms with E-state index in [2.05, 4.69) is 0 Å². The van der Waals surface area contributed by atoms with E-state index in [1.54, 1.807) is 12.3 Å². The van der Waals surface area contributed by atoms with Crippen LogP contribution in [0.25, 0.3) is 0 Å². The standard InChI is InChI=1S/C19H25NO5S/c1-15-4-2-5-18(10-15)25-13-17(21)11-20(12-19-6-3-8-24-19)16-7-9-26(22,23)14-16/h2-6,8,10,16-17,21H,7,9,11-14H2,1H3. The molecule has 142 valence electrons. The highest BCUT2D eigenvalue weighted by molar-refractivity contribution is 7.91. The van der Waals surface area contributed by atoms with Crippen LogP contribution in [0.2, 0.25) is 0 Å². The molecule has 7 heteroatoms. The smallest absolute Gasteiger partial charge is 0.151 e. The molecule has 26 heavy (non-hydrogen) atoms. The van der Waals surface area contributed by atoms with Gasteiger partial charge in [0.1, 0.15) is 24.2 Å². The molecule has 1 aromatic heterocycles. The summed E-state index contributed by atoms with van der Waals surface area (Å²) in [7, 11) is -3.00. The Labute approximate surface area is 154 Å². The van der Waals surface area contributed by atoms with E-state index in [1.807, 2.05) is 42.2 Å². The number of aryl methyl sites for hydroxylation is 1. The van der Waals surface area contributed by atoms with E-state index in [9.17, 15) is 13.5 Å². The Balaban J connectivity index is 1.60. The normalized spacial score (nSPS) is 20.3. The van der Waals surface area contributed by atoms with E-state index in [4.69, 9.17) is 9.15 Å². The Morgan fingerprint density at radius 3 is 2.85 bits per heavy atom. The minimum Gasteiger partial charge on any atom is -0.491 e. The molecule has 0 radical (unpaired) electrons. The van der Waals surface area contributed by atoms with Crippen LogP contribution in [-0.2, 0) is 16.4 Å². The van der Waals surface area contributed by atoms with Crippen molar-refractivity contribution < 1.29 is 22.7 Å². The zero-order chi connectivity index (χ0) is 18.6. The third kappa shape index (κ3) is 5.33. The Morgan fingerprint density at radius 2 is 2.19 bits per heavy atom. The summed E-state index contributed by atoms with van der Waals surface area (Å²) in [5, 5.41) is 10.4. The zero-order valence-corrected chi connectivity index (χ0v) is 15.7. The molecule has 1 saturated heterocycles. The number of aliphatic hydroxyl groups excluding tert-OH is 1. The summed E-state index contributed by atoms with van der Waals surface area (Å²) in [5.74, 6) is 1.78. The molecule has 1 N–H and O–H groups in total. The number of rotatable bonds is 8. The summed E-state index contributed by atoms with van der Waals surface area (Å²) in [6.07, 6.45) is 1.44. The van der Waals surface area contributed by atoms with Gasteiger partial charge in [0.2, 0.25) is 0 Å². The summed E-state index contributed by atoms with van der Waals surface area (Å²) < 4.78 is 34.7. The van der Waals surface area contributed by atoms with Gasteiger partial charge in [-0.15, -0.1) is 0 Å². The van der Waals surface area contributed by atoms with Gasteiger partial charge in [0, 0.05) is 12.6 Å². The Kier molecular flexibility index (Phi) is 6.01. The second kappa shape index (κ2) is 8.24. The predicted octanol–water partition coefficient (Wildman–Crippen LogP) is 2.02. The molecule has 1 aliphatic rings. The molecule has 2 heterocycles. The van der Waals surface area contributed by atoms with Gasteiger partial charge in [-0.3, -0.25) is 4.90 Å². The van der Waals surface area contributed by atoms with Crippen LogP contribution >= 0.6 is 0 Å². The number of hydrogen-bond donors (Lipinski definition) is 1. The molecule has 6 nitrogen and oxygen atoms in total. The number of aliphatic hydroxyl groups is 1. The highest BCUT2D eigenvalue weighted by Crippen LogP contribution is 2.21. The lowest BCUT2D eigenvalue weighted by atomic mass is 10.2. The van der Waals surface area contributed by atoms with Gasteiger partial charge in [-0.05, 0) is 43.2 Å². The van der Waals surface area contributed by atoms with Crippen molar-refractivity contribution in [2.45, 2.75) is 32.0 Å². The van der Waals surface area contributed by atoms with Crippen LogP contribution in [0, 0.1) is 6.92 Å². The summed E-state index contributed by atoms with van der Waals surface area (Å²) in [4.78, 5) is 1.98. The maximum absolute atomic E-state index is 11.8. The lowest BCUT2D eigenvalue weighted by molar-refractivity contribution is 0.0497.